The lowest BCUT2D eigenvalue weighted by molar-refractivity contribution is 0.411. The molecule has 1 aliphatic heterocycles. The molecular weight excluding hydrogens is 370 g/mol. The Hall–Kier alpha value is -3.12. The summed E-state index contributed by atoms with van der Waals surface area (Å²) in [4.78, 5) is 7.60. The first kappa shape index (κ1) is 18.3. The average Bonchev–Trinajstić information content (AvgIpc) is 3.21. The number of benzene rings is 2. The Morgan fingerprint density at radius 3 is 2.39 bits per heavy atom. The van der Waals surface area contributed by atoms with E-state index in [0.29, 0.717) is 10.6 Å². The Morgan fingerprint density at radius 2 is 1.75 bits per heavy atom. The highest BCUT2D eigenvalue weighted by atomic mass is 32.1. The standard InChI is InChI=1S/C22H21N3O2S/c1-13-4-6-15(7-5-13)20-14(2)28-22(24-20)19-18(26)12-25(21(19)23)16-8-10-17(27-3)11-9-16/h4-11,23,26H,12H2,1-3H3. The molecule has 0 radical (unpaired) electrons. The van der Waals surface area contributed by atoms with Gasteiger partial charge in [-0.05, 0) is 38.1 Å². The van der Waals surface area contributed by atoms with Crippen LogP contribution in [-0.2, 0) is 0 Å². The molecule has 0 atom stereocenters. The van der Waals surface area contributed by atoms with E-state index in [2.05, 4.69) is 31.2 Å². The first-order valence-corrected chi connectivity index (χ1v) is 9.77. The molecule has 3 aromatic rings. The lowest BCUT2D eigenvalue weighted by Gasteiger charge is -2.18. The molecule has 2 heterocycles. The second-order valence-corrected chi connectivity index (χ2v) is 7.95. The molecule has 0 unspecified atom stereocenters. The maximum atomic E-state index is 10.6. The number of hydrogen-bond donors (Lipinski definition) is 2. The van der Waals surface area contributed by atoms with Crippen molar-refractivity contribution in [2.24, 2.45) is 0 Å². The minimum Gasteiger partial charge on any atom is -0.510 e. The first-order valence-electron chi connectivity index (χ1n) is 8.95. The van der Waals surface area contributed by atoms with Gasteiger partial charge in [0.1, 0.15) is 22.4 Å². The Balaban J connectivity index is 1.65. The van der Waals surface area contributed by atoms with Gasteiger partial charge in [0.15, 0.2) is 0 Å². The highest BCUT2D eigenvalue weighted by Gasteiger charge is 2.31. The number of aryl methyl sites for hydroxylation is 2. The van der Waals surface area contributed by atoms with E-state index in [1.807, 2.05) is 31.2 Å². The van der Waals surface area contributed by atoms with Gasteiger partial charge < -0.3 is 14.7 Å². The van der Waals surface area contributed by atoms with Crippen LogP contribution in [0.25, 0.3) is 16.8 Å². The summed E-state index contributed by atoms with van der Waals surface area (Å²) in [6.07, 6.45) is 0. The molecular formula is C22H21N3O2S. The molecule has 1 aliphatic rings. The van der Waals surface area contributed by atoms with E-state index in [0.717, 1.165) is 27.6 Å². The molecule has 0 aliphatic carbocycles. The van der Waals surface area contributed by atoms with Crippen molar-refractivity contribution in [1.29, 1.82) is 5.41 Å². The normalized spacial score (nSPS) is 14.1. The van der Waals surface area contributed by atoms with E-state index < -0.39 is 0 Å². The predicted octanol–water partition coefficient (Wildman–Crippen LogP) is 5.20. The third-order valence-electron chi connectivity index (χ3n) is 4.82. The van der Waals surface area contributed by atoms with Crippen LogP contribution < -0.4 is 9.64 Å². The maximum Gasteiger partial charge on any atom is 0.139 e. The summed E-state index contributed by atoms with van der Waals surface area (Å²) in [6.45, 7) is 4.34. The van der Waals surface area contributed by atoms with Gasteiger partial charge in [0, 0.05) is 16.1 Å². The fraction of sp³-hybridized carbons (Fsp3) is 0.182. The van der Waals surface area contributed by atoms with E-state index in [-0.39, 0.29) is 18.1 Å². The quantitative estimate of drug-likeness (QED) is 0.641. The number of aliphatic hydroxyl groups excluding tert-OH is 1. The number of aromatic nitrogens is 1. The Bertz CT molecular complexity index is 1070. The monoisotopic (exact) mass is 391 g/mol. The van der Waals surface area contributed by atoms with Crippen molar-refractivity contribution in [3.05, 3.63) is 69.7 Å². The Kier molecular flexibility index (Phi) is 4.65. The highest BCUT2D eigenvalue weighted by Crippen LogP contribution is 2.37. The third-order valence-corrected chi connectivity index (χ3v) is 5.81. The van der Waals surface area contributed by atoms with Crippen LogP contribution in [0.3, 0.4) is 0 Å². The molecule has 0 bridgehead atoms. The van der Waals surface area contributed by atoms with Crippen LogP contribution in [0.2, 0.25) is 0 Å². The lowest BCUT2D eigenvalue weighted by atomic mass is 10.1. The summed E-state index contributed by atoms with van der Waals surface area (Å²) in [5.74, 6) is 1.18. The van der Waals surface area contributed by atoms with E-state index in [1.54, 1.807) is 12.0 Å². The molecule has 0 fully saturated rings. The summed E-state index contributed by atoms with van der Waals surface area (Å²) < 4.78 is 5.20. The molecule has 0 spiro atoms. The number of rotatable bonds is 4. The van der Waals surface area contributed by atoms with E-state index in [1.165, 1.54) is 16.9 Å². The second-order valence-electron chi connectivity index (χ2n) is 6.74. The smallest absolute Gasteiger partial charge is 0.139 e. The van der Waals surface area contributed by atoms with Gasteiger partial charge in [0.05, 0.1) is 24.9 Å². The fourth-order valence-corrected chi connectivity index (χ4v) is 4.27. The third kappa shape index (κ3) is 3.16. The SMILES string of the molecule is COc1ccc(N2CC(O)=C(c3nc(-c4ccc(C)cc4)c(C)s3)C2=N)cc1. The van der Waals surface area contributed by atoms with Crippen molar-refractivity contribution in [2.75, 3.05) is 18.6 Å². The van der Waals surface area contributed by atoms with Gasteiger partial charge in [-0.2, -0.15) is 0 Å². The first-order chi connectivity index (χ1) is 13.5. The predicted molar refractivity (Wildman–Crippen MR) is 115 cm³/mol. The minimum absolute atomic E-state index is 0.171. The van der Waals surface area contributed by atoms with E-state index >= 15 is 0 Å². The minimum atomic E-state index is 0.171. The molecule has 142 valence electrons. The van der Waals surface area contributed by atoms with Crippen LogP contribution in [0.1, 0.15) is 15.4 Å². The van der Waals surface area contributed by atoms with Gasteiger partial charge in [0.2, 0.25) is 0 Å². The zero-order valence-electron chi connectivity index (χ0n) is 16.0. The van der Waals surface area contributed by atoms with Gasteiger partial charge in [0.25, 0.3) is 0 Å². The van der Waals surface area contributed by atoms with Crippen LogP contribution in [0.5, 0.6) is 5.75 Å². The summed E-state index contributed by atoms with van der Waals surface area (Å²) in [7, 11) is 1.62. The van der Waals surface area contributed by atoms with Crippen molar-refractivity contribution >= 4 is 28.4 Å². The van der Waals surface area contributed by atoms with E-state index in [4.69, 9.17) is 15.1 Å². The summed E-state index contributed by atoms with van der Waals surface area (Å²) in [5, 5.41) is 19.9. The maximum absolute atomic E-state index is 10.6. The number of amidine groups is 1. The van der Waals surface area contributed by atoms with Crippen molar-refractivity contribution in [3.63, 3.8) is 0 Å². The van der Waals surface area contributed by atoms with Gasteiger partial charge in [-0.25, -0.2) is 4.98 Å². The molecule has 0 saturated heterocycles. The van der Waals surface area contributed by atoms with Crippen molar-refractivity contribution in [1.82, 2.24) is 4.98 Å². The zero-order valence-corrected chi connectivity index (χ0v) is 16.8. The van der Waals surface area contributed by atoms with Crippen LogP contribution in [0, 0.1) is 19.3 Å². The van der Waals surface area contributed by atoms with Gasteiger partial charge in [-0.1, -0.05) is 29.8 Å². The van der Waals surface area contributed by atoms with Gasteiger partial charge >= 0.3 is 0 Å². The Labute approximate surface area is 168 Å². The average molecular weight is 391 g/mol. The number of nitrogens with zero attached hydrogens (tertiary/aromatic N) is 2. The topological polar surface area (TPSA) is 69.4 Å². The summed E-state index contributed by atoms with van der Waals surface area (Å²) >= 11 is 1.50. The van der Waals surface area contributed by atoms with E-state index in [9.17, 15) is 5.11 Å². The number of aliphatic hydroxyl groups is 1. The number of methoxy groups -OCH3 is 1. The summed E-state index contributed by atoms with van der Waals surface area (Å²) in [5.41, 5.74) is 4.48. The molecule has 0 saturated carbocycles. The number of anilines is 1. The molecule has 6 heteroatoms. The molecule has 2 aromatic carbocycles. The fourth-order valence-electron chi connectivity index (χ4n) is 3.27. The second kappa shape index (κ2) is 7.13. The highest BCUT2D eigenvalue weighted by molar-refractivity contribution is 7.13. The molecule has 1 aromatic heterocycles. The largest absolute Gasteiger partial charge is 0.510 e. The van der Waals surface area contributed by atoms with Crippen molar-refractivity contribution < 1.29 is 9.84 Å². The van der Waals surface area contributed by atoms with Crippen LogP contribution in [-0.4, -0.2) is 29.6 Å². The van der Waals surface area contributed by atoms with Crippen molar-refractivity contribution in [3.8, 4) is 17.0 Å². The Morgan fingerprint density at radius 1 is 1.07 bits per heavy atom. The van der Waals surface area contributed by atoms with Gasteiger partial charge in [-0.15, -0.1) is 11.3 Å². The van der Waals surface area contributed by atoms with Crippen LogP contribution in [0.4, 0.5) is 5.69 Å². The van der Waals surface area contributed by atoms with Gasteiger partial charge in [-0.3, -0.25) is 5.41 Å². The number of hydrogen-bond acceptors (Lipinski definition) is 5. The van der Waals surface area contributed by atoms with Crippen molar-refractivity contribution in [2.45, 2.75) is 13.8 Å². The molecule has 0 amide bonds. The number of nitrogens with one attached hydrogen (secondary N) is 1. The van der Waals surface area contributed by atoms with Crippen LogP contribution >= 0.6 is 11.3 Å². The number of ether oxygens (including phenoxy) is 1. The molecule has 28 heavy (non-hydrogen) atoms. The lowest BCUT2D eigenvalue weighted by Crippen LogP contribution is -2.25. The molecule has 2 N–H and O–H groups in total. The summed E-state index contributed by atoms with van der Waals surface area (Å²) in [6, 6.07) is 15.7. The molecule has 4 rings (SSSR count). The zero-order chi connectivity index (χ0) is 19.8. The molecule has 5 nitrogen and oxygen atoms in total. The number of thiazole rings is 1. The van der Waals surface area contributed by atoms with Crippen LogP contribution in [0.15, 0.2) is 54.3 Å².